The van der Waals surface area contributed by atoms with Crippen molar-refractivity contribution in [2.45, 2.75) is 65.0 Å². The van der Waals surface area contributed by atoms with Crippen LogP contribution in [0.2, 0.25) is 0 Å². The molecule has 0 N–H and O–H groups in total. The number of anilines is 1. The summed E-state index contributed by atoms with van der Waals surface area (Å²) < 4.78 is 26.4. The Bertz CT molecular complexity index is 1320. The van der Waals surface area contributed by atoms with Crippen LogP contribution in [0.15, 0.2) is 30.5 Å². The number of aryl methyl sites for hydroxylation is 1. The molecule has 10 heteroatoms. The van der Waals surface area contributed by atoms with Gasteiger partial charge in [-0.3, -0.25) is 0 Å². The maximum absolute atomic E-state index is 15.1. The smallest absolute Gasteiger partial charge is 0.410 e. The predicted molar refractivity (Wildman–Crippen MR) is 151 cm³/mol. The molecule has 3 heterocycles. The Labute approximate surface area is 233 Å². The minimum atomic E-state index is -0.510. The Kier molecular flexibility index (Phi) is 7.75. The molecule has 5 rings (SSSR count). The van der Waals surface area contributed by atoms with Crippen molar-refractivity contribution in [2.75, 3.05) is 31.6 Å². The van der Waals surface area contributed by atoms with Gasteiger partial charge in [0.2, 0.25) is 0 Å². The highest BCUT2D eigenvalue weighted by atomic mass is 32.1. The van der Waals surface area contributed by atoms with Gasteiger partial charge in [-0.25, -0.2) is 14.2 Å². The van der Waals surface area contributed by atoms with Crippen LogP contribution in [0.25, 0.3) is 21.7 Å². The molecule has 208 valence electrons. The molecule has 2 aliphatic rings. The molecule has 3 aromatic rings. The van der Waals surface area contributed by atoms with Gasteiger partial charge < -0.3 is 19.3 Å². The highest BCUT2D eigenvalue weighted by Gasteiger charge is 2.35. The van der Waals surface area contributed by atoms with Crippen LogP contribution < -0.4 is 9.64 Å². The minimum Gasteiger partial charge on any atom is -0.496 e. The number of amides is 1. The predicted octanol–water partition coefficient (Wildman–Crippen LogP) is 6.34. The van der Waals surface area contributed by atoms with Crippen LogP contribution >= 0.6 is 11.3 Å². The number of carbonyl (C=O) groups is 1. The maximum Gasteiger partial charge on any atom is 0.410 e. The number of ether oxygens (including phenoxy) is 2. The quantitative estimate of drug-likeness (QED) is 0.338. The molecule has 0 bridgehead atoms. The topological polar surface area (TPSA) is 80.7 Å². The number of nitrogens with zero attached hydrogens (tertiary/aromatic N) is 5. The molecule has 1 saturated carbocycles. The summed E-state index contributed by atoms with van der Waals surface area (Å²) in [5, 5.41) is 9.77. The van der Waals surface area contributed by atoms with E-state index in [1.54, 1.807) is 19.4 Å². The van der Waals surface area contributed by atoms with Gasteiger partial charge in [-0.15, -0.1) is 21.5 Å². The average molecular weight is 554 g/mol. The van der Waals surface area contributed by atoms with Crippen molar-refractivity contribution in [3.8, 4) is 27.4 Å². The number of thiazole rings is 1. The first-order valence-corrected chi connectivity index (χ1v) is 14.3. The Morgan fingerprint density at radius 1 is 1.18 bits per heavy atom. The van der Waals surface area contributed by atoms with E-state index in [1.807, 2.05) is 44.7 Å². The molecular formula is C29H36FN5O3S. The lowest BCUT2D eigenvalue weighted by Gasteiger charge is -2.39. The highest BCUT2D eigenvalue weighted by molar-refractivity contribution is 7.15. The number of hydrogen-bond donors (Lipinski definition) is 0. The average Bonchev–Trinajstić information content (AvgIpc) is 3.50. The van der Waals surface area contributed by atoms with Gasteiger partial charge in [0, 0.05) is 43.0 Å². The normalized spacial score (nSPS) is 17.7. The Balaban J connectivity index is 1.27. The van der Waals surface area contributed by atoms with Crippen molar-refractivity contribution in [1.29, 1.82) is 0 Å². The summed E-state index contributed by atoms with van der Waals surface area (Å²) in [6.07, 6.45) is 5.66. The lowest BCUT2D eigenvalue weighted by Crippen LogP contribution is -2.48. The van der Waals surface area contributed by atoms with Gasteiger partial charge in [-0.2, -0.15) is 0 Å². The van der Waals surface area contributed by atoms with E-state index >= 15 is 4.39 Å². The van der Waals surface area contributed by atoms with Gasteiger partial charge >= 0.3 is 6.09 Å². The largest absolute Gasteiger partial charge is 0.496 e. The number of carbonyl (C=O) groups excluding carboxylic acids is 1. The highest BCUT2D eigenvalue weighted by Crippen LogP contribution is 2.38. The third kappa shape index (κ3) is 6.16. The van der Waals surface area contributed by atoms with E-state index in [0.717, 1.165) is 54.5 Å². The zero-order chi connectivity index (χ0) is 27.7. The van der Waals surface area contributed by atoms with E-state index in [0.29, 0.717) is 35.0 Å². The van der Waals surface area contributed by atoms with Crippen LogP contribution in [0.5, 0.6) is 5.75 Å². The summed E-state index contributed by atoms with van der Waals surface area (Å²) in [4.78, 5) is 22.0. The summed E-state index contributed by atoms with van der Waals surface area (Å²) in [6.45, 7) is 9.93. The third-order valence-electron chi connectivity index (χ3n) is 7.31. The summed E-state index contributed by atoms with van der Waals surface area (Å²) in [5.41, 5.74) is 1.03. The fraction of sp³-hybridized carbons (Fsp3) is 0.517. The fourth-order valence-corrected chi connectivity index (χ4v) is 5.89. The fourth-order valence-electron chi connectivity index (χ4n) is 5.09. The van der Waals surface area contributed by atoms with Gasteiger partial charge in [0.05, 0.1) is 22.7 Å². The molecule has 0 spiro atoms. The van der Waals surface area contributed by atoms with Crippen molar-refractivity contribution in [2.24, 2.45) is 5.92 Å². The number of methoxy groups -OCH3 is 1. The summed E-state index contributed by atoms with van der Waals surface area (Å²) in [5.74, 6) is 1.27. The zero-order valence-corrected chi connectivity index (χ0v) is 24.1. The molecule has 1 aliphatic carbocycles. The van der Waals surface area contributed by atoms with E-state index in [1.165, 1.54) is 17.4 Å². The van der Waals surface area contributed by atoms with Gasteiger partial charge in [0.15, 0.2) is 5.82 Å². The molecule has 2 aromatic heterocycles. The Hall–Kier alpha value is -3.27. The molecule has 8 nitrogen and oxygen atoms in total. The third-order valence-corrected chi connectivity index (χ3v) is 8.26. The second-order valence-electron chi connectivity index (χ2n) is 11.4. The molecule has 1 atom stereocenters. The maximum atomic E-state index is 15.1. The van der Waals surface area contributed by atoms with E-state index in [2.05, 4.69) is 20.1 Å². The second kappa shape index (κ2) is 11.1. The van der Waals surface area contributed by atoms with E-state index in [-0.39, 0.29) is 18.0 Å². The first kappa shape index (κ1) is 27.3. The van der Waals surface area contributed by atoms with Crippen LogP contribution in [0.3, 0.4) is 0 Å². The number of hydrogen-bond acceptors (Lipinski definition) is 8. The summed E-state index contributed by atoms with van der Waals surface area (Å²) >= 11 is 1.44. The van der Waals surface area contributed by atoms with Gasteiger partial charge in [-0.05, 0) is 83.6 Å². The Morgan fingerprint density at radius 2 is 1.97 bits per heavy atom. The molecule has 1 saturated heterocycles. The minimum absolute atomic E-state index is 0.215. The Morgan fingerprint density at radius 3 is 2.56 bits per heavy atom. The number of rotatable bonds is 7. The second-order valence-corrected chi connectivity index (χ2v) is 12.6. The molecule has 2 fully saturated rings. The zero-order valence-electron chi connectivity index (χ0n) is 23.2. The number of aromatic nitrogens is 3. The molecule has 1 aliphatic heterocycles. The van der Waals surface area contributed by atoms with Crippen molar-refractivity contribution < 1.29 is 18.7 Å². The molecule has 1 amide bonds. The standard InChI is InChI=1S/C29H36FN5O3S/c1-18-31-15-26(39-18)21-14-25(37-5)22(13-23(21)30)24-9-10-27(33-32-24)34-12-11-19(16-34)17-35(20-7-6-8-20)28(36)38-29(2,3)4/h9-10,13-15,19-20H,6-8,11-12,16-17H2,1-5H3. The van der Waals surface area contributed by atoms with Crippen LogP contribution in [0.1, 0.15) is 51.5 Å². The van der Waals surface area contributed by atoms with Crippen molar-refractivity contribution in [1.82, 2.24) is 20.1 Å². The van der Waals surface area contributed by atoms with Crippen molar-refractivity contribution in [3.63, 3.8) is 0 Å². The molecule has 0 radical (unpaired) electrons. The summed E-state index contributed by atoms with van der Waals surface area (Å²) in [6, 6.07) is 7.18. The van der Waals surface area contributed by atoms with Gasteiger partial charge in [0.25, 0.3) is 0 Å². The van der Waals surface area contributed by atoms with Crippen LogP contribution in [0.4, 0.5) is 15.0 Å². The van der Waals surface area contributed by atoms with E-state index < -0.39 is 5.60 Å². The van der Waals surface area contributed by atoms with Crippen LogP contribution in [0, 0.1) is 18.7 Å². The van der Waals surface area contributed by atoms with Crippen molar-refractivity contribution in [3.05, 3.63) is 41.3 Å². The number of halogens is 1. The van der Waals surface area contributed by atoms with E-state index in [9.17, 15) is 4.79 Å². The monoisotopic (exact) mass is 553 g/mol. The summed E-state index contributed by atoms with van der Waals surface area (Å²) in [7, 11) is 1.56. The lowest BCUT2D eigenvalue weighted by atomic mass is 9.91. The first-order valence-electron chi connectivity index (χ1n) is 13.5. The van der Waals surface area contributed by atoms with Gasteiger partial charge in [-0.1, -0.05) is 0 Å². The van der Waals surface area contributed by atoms with E-state index in [4.69, 9.17) is 9.47 Å². The molecular weight excluding hydrogens is 517 g/mol. The molecule has 39 heavy (non-hydrogen) atoms. The van der Waals surface area contributed by atoms with Crippen LogP contribution in [-0.2, 0) is 4.74 Å². The molecule has 1 unspecified atom stereocenters. The molecule has 1 aromatic carbocycles. The van der Waals surface area contributed by atoms with Gasteiger partial charge in [0.1, 0.15) is 17.2 Å². The number of benzene rings is 1. The van der Waals surface area contributed by atoms with Crippen molar-refractivity contribution >= 4 is 23.2 Å². The first-order chi connectivity index (χ1) is 18.6. The van der Waals surface area contributed by atoms with Crippen LogP contribution in [-0.4, -0.2) is 64.6 Å². The lowest BCUT2D eigenvalue weighted by molar-refractivity contribution is 0.00355. The SMILES string of the molecule is COc1cc(-c2cnc(C)s2)c(F)cc1-c1ccc(N2CCC(CN(C(=O)OC(C)(C)C)C3CCC3)C2)nn1.